The van der Waals surface area contributed by atoms with Gasteiger partial charge in [-0.1, -0.05) is 36.8 Å². The number of morpholine rings is 1. The van der Waals surface area contributed by atoms with Crippen molar-refractivity contribution in [3.05, 3.63) is 35.9 Å². The lowest BCUT2D eigenvalue weighted by atomic mass is 9.90. The fraction of sp³-hybridized carbons (Fsp3) is 0.696. The van der Waals surface area contributed by atoms with Crippen molar-refractivity contribution in [1.82, 2.24) is 15.5 Å². The molecule has 3 unspecified atom stereocenters. The first-order chi connectivity index (χ1) is 13.8. The molecule has 2 saturated heterocycles. The Hall–Kier alpha value is -1.14. The Labute approximate surface area is 181 Å². The molecule has 29 heavy (non-hydrogen) atoms. The second kappa shape index (κ2) is 11.3. The van der Waals surface area contributed by atoms with Crippen molar-refractivity contribution >= 4 is 18.3 Å². The largest absolute Gasteiger partial charge is 0.379 e. The van der Waals surface area contributed by atoms with Gasteiger partial charge >= 0.3 is 0 Å². The van der Waals surface area contributed by atoms with Crippen LogP contribution < -0.4 is 10.6 Å². The van der Waals surface area contributed by atoms with Gasteiger partial charge in [-0.15, -0.1) is 12.4 Å². The van der Waals surface area contributed by atoms with Crippen molar-refractivity contribution in [2.75, 3.05) is 39.4 Å². The van der Waals surface area contributed by atoms with E-state index >= 15 is 0 Å². The third-order valence-corrected chi connectivity index (χ3v) is 6.89. The van der Waals surface area contributed by atoms with Gasteiger partial charge in [-0.3, -0.25) is 4.79 Å². The van der Waals surface area contributed by atoms with Crippen molar-refractivity contribution in [3.63, 3.8) is 0 Å². The first-order valence-electron chi connectivity index (χ1n) is 11.2. The summed E-state index contributed by atoms with van der Waals surface area (Å²) in [6.07, 6.45) is 7.04. The van der Waals surface area contributed by atoms with Crippen LogP contribution in [0.5, 0.6) is 0 Å². The second-order valence-corrected chi connectivity index (χ2v) is 8.73. The summed E-state index contributed by atoms with van der Waals surface area (Å²) in [6.45, 7) is 4.88. The molecule has 0 aromatic heterocycles. The Kier molecular flexibility index (Phi) is 8.79. The Morgan fingerprint density at radius 1 is 1.14 bits per heavy atom. The maximum Gasteiger partial charge on any atom is 0.236 e. The van der Waals surface area contributed by atoms with Gasteiger partial charge in [0.2, 0.25) is 5.91 Å². The molecule has 1 amide bonds. The molecular weight excluding hydrogens is 386 g/mol. The summed E-state index contributed by atoms with van der Waals surface area (Å²) in [7, 11) is 0. The van der Waals surface area contributed by atoms with Crippen LogP contribution in [0.3, 0.4) is 0 Å². The van der Waals surface area contributed by atoms with E-state index in [2.05, 4.69) is 45.9 Å². The van der Waals surface area contributed by atoms with Gasteiger partial charge in [0, 0.05) is 31.7 Å². The number of nitrogens with one attached hydrogen (secondary N) is 2. The Morgan fingerprint density at radius 2 is 1.93 bits per heavy atom. The molecule has 6 heteroatoms. The van der Waals surface area contributed by atoms with Crippen molar-refractivity contribution in [1.29, 1.82) is 0 Å². The number of halogens is 1. The minimum Gasteiger partial charge on any atom is -0.379 e. The first-order valence-corrected chi connectivity index (χ1v) is 11.2. The lowest BCUT2D eigenvalue weighted by Gasteiger charge is -2.34. The standard InChI is InChI=1S/C23H35N3O2.ClH/c27-23(16-25-21-8-4-7-20(21)22-17-28-14-11-24-22)26-12-9-19(10-13-26)15-18-5-2-1-3-6-18;/h1-3,5-6,19-22,24-25H,4,7-17H2;1H. The number of amides is 1. The van der Waals surface area contributed by atoms with Crippen LogP contribution in [-0.2, 0) is 16.0 Å². The zero-order valence-electron chi connectivity index (χ0n) is 17.4. The number of nitrogens with zero attached hydrogens (tertiary/aromatic N) is 1. The minimum absolute atomic E-state index is 0. The van der Waals surface area contributed by atoms with Gasteiger partial charge in [0.1, 0.15) is 0 Å². The van der Waals surface area contributed by atoms with Gasteiger partial charge in [0.25, 0.3) is 0 Å². The van der Waals surface area contributed by atoms with E-state index in [9.17, 15) is 4.79 Å². The van der Waals surface area contributed by atoms with Crippen LogP contribution in [0.1, 0.15) is 37.7 Å². The summed E-state index contributed by atoms with van der Waals surface area (Å²) in [6, 6.07) is 11.6. The predicted molar refractivity (Wildman–Crippen MR) is 118 cm³/mol. The third kappa shape index (κ3) is 6.17. The molecule has 0 radical (unpaired) electrons. The highest BCUT2D eigenvalue weighted by atomic mass is 35.5. The highest BCUT2D eigenvalue weighted by Crippen LogP contribution is 2.29. The summed E-state index contributed by atoms with van der Waals surface area (Å²) in [4.78, 5) is 14.8. The van der Waals surface area contributed by atoms with Crippen LogP contribution in [0.25, 0.3) is 0 Å². The van der Waals surface area contributed by atoms with E-state index in [1.54, 1.807) is 0 Å². The number of rotatable bonds is 6. The smallest absolute Gasteiger partial charge is 0.236 e. The van der Waals surface area contributed by atoms with E-state index < -0.39 is 0 Å². The quantitative estimate of drug-likeness (QED) is 0.741. The number of hydrogen-bond acceptors (Lipinski definition) is 4. The number of ether oxygens (including phenoxy) is 1. The molecule has 5 nitrogen and oxygen atoms in total. The molecule has 1 aliphatic carbocycles. The van der Waals surface area contributed by atoms with Gasteiger partial charge in [0.15, 0.2) is 0 Å². The molecule has 2 heterocycles. The Bertz CT molecular complexity index is 616. The van der Waals surface area contributed by atoms with E-state index in [1.165, 1.54) is 24.8 Å². The molecule has 1 aromatic carbocycles. The number of piperidine rings is 1. The molecule has 4 rings (SSSR count). The Morgan fingerprint density at radius 3 is 2.66 bits per heavy atom. The summed E-state index contributed by atoms with van der Waals surface area (Å²) in [5, 5.41) is 7.20. The monoisotopic (exact) mass is 421 g/mol. The lowest BCUT2D eigenvalue weighted by molar-refractivity contribution is -0.131. The molecule has 3 aliphatic rings. The summed E-state index contributed by atoms with van der Waals surface area (Å²) >= 11 is 0. The van der Waals surface area contributed by atoms with Crippen molar-refractivity contribution in [2.45, 2.75) is 50.6 Å². The molecule has 3 fully saturated rings. The third-order valence-electron chi connectivity index (χ3n) is 6.89. The zero-order valence-corrected chi connectivity index (χ0v) is 18.2. The summed E-state index contributed by atoms with van der Waals surface area (Å²) in [5.74, 6) is 1.57. The van der Waals surface area contributed by atoms with Gasteiger partial charge in [-0.2, -0.15) is 0 Å². The second-order valence-electron chi connectivity index (χ2n) is 8.73. The van der Waals surface area contributed by atoms with Gasteiger partial charge < -0.3 is 20.3 Å². The minimum atomic E-state index is 0. The number of likely N-dealkylation sites (tertiary alicyclic amines) is 1. The molecule has 3 atom stereocenters. The van der Waals surface area contributed by atoms with Crippen LogP contribution in [-0.4, -0.2) is 62.3 Å². The highest BCUT2D eigenvalue weighted by Gasteiger charge is 2.35. The molecule has 2 aliphatic heterocycles. The van der Waals surface area contributed by atoms with Gasteiger partial charge in [0.05, 0.1) is 19.8 Å². The maximum absolute atomic E-state index is 12.7. The topological polar surface area (TPSA) is 53.6 Å². The van der Waals surface area contributed by atoms with E-state index in [-0.39, 0.29) is 18.3 Å². The molecule has 162 valence electrons. The fourth-order valence-corrected chi connectivity index (χ4v) is 5.25. The zero-order chi connectivity index (χ0) is 19.2. The van der Waals surface area contributed by atoms with Crippen molar-refractivity contribution in [3.8, 4) is 0 Å². The highest BCUT2D eigenvalue weighted by molar-refractivity contribution is 5.85. The first kappa shape index (κ1) is 22.5. The van der Waals surface area contributed by atoms with Crippen molar-refractivity contribution in [2.24, 2.45) is 11.8 Å². The molecule has 1 saturated carbocycles. The maximum atomic E-state index is 12.7. The average Bonchev–Trinajstić information content (AvgIpc) is 3.23. The summed E-state index contributed by atoms with van der Waals surface area (Å²) < 4.78 is 5.65. The Balaban J connectivity index is 0.00000240. The SMILES string of the molecule is Cl.O=C(CNC1CCCC1C1COCCN1)N1CCC(Cc2ccccc2)CC1. The molecule has 2 N–H and O–H groups in total. The van der Waals surface area contributed by atoms with Crippen molar-refractivity contribution < 1.29 is 9.53 Å². The van der Waals surface area contributed by atoms with E-state index in [4.69, 9.17) is 4.74 Å². The molecular formula is C23H36ClN3O2. The number of carbonyl (C=O) groups is 1. The van der Waals surface area contributed by atoms with Crippen LogP contribution in [0, 0.1) is 11.8 Å². The predicted octanol–water partition coefficient (Wildman–Crippen LogP) is 2.64. The van der Waals surface area contributed by atoms with E-state index in [0.717, 1.165) is 52.1 Å². The average molecular weight is 422 g/mol. The fourth-order valence-electron chi connectivity index (χ4n) is 5.25. The van der Waals surface area contributed by atoms with E-state index in [1.807, 2.05) is 0 Å². The normalized spacial score (nSPS) is 28.1. The summed E-state index contributed by atoms with van der Waals surface area (Å²) in [5.41, 5.74) is 1.42. The van der Waals surface area contributed by atoms with Crippen LogP contribution >= 0.6 is 12.4 Å². The molecule has 0 bridgehead atoms. The van der Waals surface area contributed by atoms with E-state index in [0.29, 0.717) is 30.5 Å². The molecule has 1 aromatic rings. The van der Waals surface area contributed by atoms with Crippen LogP contribution in [0.4, 0.5) is 0 Å². The van der Waals surface area contributed by atoms with Crippen LogP contribution in [0.15, 0.2) is 30.3 Å². The molecule has 0 spiro atoms. The van der Waals surface area contributed by atoms with Crippen LogP contribution in [0.2, 0.25) is 0 Å². The number of carbonyl (C=O) groups excluding carboxylic acids is 1. The lowest BCUT2D eigenvalue weighted by Crippen LogP contribution is -2.52. The number of hydrogen-bond donors (Lipinski definition) is 2. The van der Waals surface area contributed by atoms with Gasteiger partial charge in [-0.05, 0) is 49.5 Å². The number of benzene rings is 1. The van der Waals surface area contributed by atoms with Gasteiger partial charge in [-0.25, -0.2) is 0 Å².